The highest BCUT2D eigenvalue weighted by Crippen LogP contribution is 2.27. The molecule has 0 radical (unpaired) electrons. The lowest BCUT2D eigenvalue weighted by molar-refractivity contribution is 0.187. The average molecular weight is 258 g/mol. The second-order valence-electron chi connectivity index (χ2n) is 4.36. The molecule has 0 bridgehead atoms. The second kappa shape index (κ2) is 6.91. The van der Waals surface area contributed by atoms with Gasteiger partial charge < -0.3 is 9.84 Å². The fourth-order valence-electron chi connectivity index (χ4n) is 1.62. The first-order valence-electron chi connectivity index (χ1n) is 5.95. The summed E-state index contributed by atoms with van der Waals surface area (Å²) in [7, 11) is 1.61. The highest BCUT2D eigenvalue weighted by molar-refractivity contribution is 7.99. The van der Waals surface area contributed by atoms with Crippen molar-refractivity contribution in [1.29, 1.82) is 0 Å². The maximum absolute atomic E-state index is 10.2. The van der Waals surface area contributed by atoms with Crippen LogP contribution in [0.15, 0.2) is 6.20 Å². The number of rotatable bonds is 7. The fraction of sp³-hybridized carbons (Fsp3) is 0.750. The van der Waals surface area contributed by atoms with Crippen molar-refractivity contribution in [2.75, 3.05) is 18.6 Å². The predicted molar refractivity (Wildman–Crippen MR) is 71.6 cm³/mol. The molecule has 1 rings (SSSR count). The Bertz CT molecular complexity index is 318. The number of hydrogen-bond acceptors (Lipinski definition) is 4. The molecule has 0 spiro atoms. The van der Waals surface area contributed by atoms with Crippen molar-refractivity contribution in [2.45, 2.75) is 33.4 Å². The van der Waals surface area contributed by atoms with Crippen LogP contribution in [0.25, 0.3) is 0 Å². The van der Waals surface area contributed by atoms with Gasteiger partial charge in [0.1, 0.15) is 11.8 Å². The van der Waals surface area contributed by atoms with Crippen LogP contribution in [-0.2, 0) is 6.54 Å². The molecule has 0 fully saturated rings. The fourth-order valence-corrected chi connectivity index (χ4v) is 2.61. The van der Waals surface area contributed by atoms with E-state index in [9.17, 15) is 5.11 Å². The van der Waals surface area contributed by atoms with E-state index in [2.05, 4.69) is 18.9 Å². The first-order chi connectivity index (χ1) is 8.10. The van der Waals surface area contributed by atoms with E-state index in [1.165, 1.54) is 0 Å². The van der Waals surface area contributed by atoms with Crippen LogP contribution in [0.3, 0.4) is 0 Å². The number of ether oxygens (including phenoxy) is 1. The molecular weight excluding hydrogens is 236 g/mol. The molecule has 0 aliphatic heterocycles. The summed E-state index contributed by atoms with van der Waals surface area (Å²) in [5.41, 5.74) is 0.784. The zero-order valence-electron chi connectivity index (χ0n) is 11.0. The molecule has 0 aliphatic rings. The van der Waals surface area contributed by atoms with Gasteiger partial charge in [0.25, 0.3) is 0 Å². The van der Waals surface area contributed by atoms with Gasteiger partial charge in [-0.2, -0.15) is 16.9 Å². The Morgan fingerprint density at radius 3 is 2.71 bits per heavy atom. The topological polar surface area (TPSA) is 47.3 Å². The summed E-state index contributed by atoms with van der Waals surface area (Å²) < 4.78 is 7.01. The molecule has 0 aliphatic carbocycles. The number of aryl methyl sites for hydroxylation is 1. The van der Waals surface area contributed by atoms with Crippen LogP contribution in [0.1, 0.15) is 32.6 Å². The van der Waals surface area contributed by atoms with E-state index in [-0.39, 0.29) is 0 Å². The normalized spacial score (nSPS) is 13.1. The van der Waals surface area contributed by atoms with Crippen molar-refractivity contribution in [3.63, 3.8) is 0 Å². The molecule has 98 valence electrons. The molecule has 0 saturated carbocycles. The first kappa shape index (κ1) is 14.4. The van der Waals surface area contributed by atoms with E-state index < -0.39 is 6.10 Å². The first-order valence-corrected chi connectivity index (χ1v) is 7.11. The van der Waals surface area contributed by atoms with Crippen molar-refractivity contribution in [2.24, 2.45) is 5.92 Å². The lowest BCUT2D eigenvalue weighted by Gasteiger charge is -2.14. The Balaban J connectivity index is 2.66. The van der Waals surface area contributed by atoms with Gasteiger partial charge in [0.05, 0.1) is 13.3 Å². The molecular formula is C12H22N2O2S. The van der Waals surface area contributed by atoms with E-state index in [0.717, 1.165) is 18.0 Å². The zero-order chi connectivity index (χ0) is 12.8. The van der Waals surface area contributed by atoms with Gasteiger partial charge in [-0.3, -0.25) is 4.68 Å². The maximum Gasteiger partial charge on any atom is 0.162 e. The summed E-state index contributed by atoms with van der Waals surface area (Å²) in [6, 6.07) is 0. The molecule has 1 aromatic rings. The van der Waals surface area contributed by atoms with Crippen molar-refractivity contribution in [3.8, 4) is 5.75 Å². The van der Waals surface area contributed by atoms with E-state index in [0.29, 0.717) is 17.4 Å². The standard InChI is InChI=1S/C12H22N2O2S/c1-5-14-12(11(16-4)6-13-14)10(15)8-17-7-9(2)3/h6,9-10,15H,5,7-8H2,1-4H3. The summed E-state index contributed by atoms with van der Waals surface area (Å²) in [6.07, 6.45) is 1.14. The molecule has 4 nitrogen and oxygen atoms in total. The molecule has 1 aromatic heterocycles. The number of nitrogens with zero attached hydrogens (tertiary/aromatic N) is 2. The second-order valence-corrected chi connectivity index (χ2v) is 5.44. The Kier molecular flexibility index (Phi) is 5.85. The third kappa shape index (κ3) is 3.92. The third-order valence-corrected chi connectivity index (χ3v) is 3.86. The summed E-state index contributed by atoms with van der Waals surface area (Å²) in [6.45, 7) is 7.10. The molecule has 1 N–H and O–H groups in total. The summed E-state index contributed by atoms with van der Waals surface area (Å²) in [5.74, 6) is 3.05. The molecule has 0 aromatic carbocycles. The third-order valence-electron chi connectivity index (χ3n) is 2.41. The van der Waals surface area contributed by atoms with Crippen molar-refractivity contribution in [1.82, 2.24) is 9.78 Å². The van der Waals surface area contributed by atoms with Crippen molar-refractivity contribution < 1.29 is 9.84 Å². The van der Waals surface area contributed by atoms with Gasteiger partial charge >= 0.3 is 0 Å². The van der Waals surface area contributed by atoms with Gasteiger partial charge in [-0.1, -0.05) is 13.8 Å². The quantitative estimate of drug-likeness (QED) is 0.815. The smallest absolute Gasteiger partial charge is 0.162 e. The van der Waals surface area contributed by atoms with E-state index in [4.69, 9.17) is 4.74 Å². The SMILES string of the molecule is CCn1ncc(OC)c1C(O)CSCC(C)C. The molecule has 1 atom stereocenters. The maximum atomic E-state index is 10.2. The number of aromatic nitrogens is 2. The number of aliphatic hydroxyl groups is 1. The van der Waals surface area contributed by atoms with Crippen molar-refractivity contribution in [3.05, 3.63) is 11.9 Å². The highest BCUT2D eigenvalue weighted by atomic mass is 32.2. The van der Waals surface area contributed by atoms with Crippen LogP contribution in [0.5, 0.6) is 5.75 Å². The molecule has 1 heterocycles. The number of thioether (sulfide) groups is 1. The Morgan fingerprint density at radius 1 is 1.47 bits per heavy atom. The van der Waals surface area contributed by atoms with Gasteiger partial charge in [0.15, 0.2) is 5.75 Å². The lowest BCUT2D eigenvalue weighted by Crippen LogP contribution is -2.11. The summed E-state index contributed by atoms with van der Waals surface area (Å²) >= 11 is 1.76. The van der Waals surface area contributed by atoms with E-state index in [1.807, 2.05) is 6.92 Å². The minimum Gasteiger partial charge on any atom is -0.493 e. The van der Waals surface area contributed by atoms with Crippen LogP contribution < -0.4 is 4.74 Å². The van der Waals surface area contributed by atoms with Crippen molar-refractivity contribution >= 4 is 11.8 Å². The van der Waals surface area contributed by atoms with Crippen LogP contribution in [0.4, 0.5) is 0 Å². The van der Waals surface area contributed by atoms with Gasteiger partial charge in [0, 0.05) is 12.3 Å². The minimum atomic E-state index is -0.517. The van der Waals surface area contributed by atoms with Crippen LogP contribution in [-0.4, -0.2) is 33.5 Å². The van der Waals surface area contributed by atoms with E-state index in [1.54, 1.807) is 29.8 Å². The molecule has 0 amide bonds. The molecule has 1 unspecified atom stereocenters. The van der Waals surface area contributed by atoms with Gasteiger partial charge in [-0.05, 0) is 18.6 Å². The zero-order valence-corrected chi connectivity index (χ0v) is 11.8. The van der Waals surface area contributed by atoms with Crippen LogP contribution in [0.2, 0.25) is 0 Å². The van der Waals surface area contributed by atoms with Crippen LogP contribution >= 0.6 is 11.8 Å². The number of methoxy groups -OCH3 is 1. The minimum absolute atomic E-state index is 0.517. The largest absolute Gasteiger partial charge is 0.493 e. The lowest BCUT2D eigenvalue weighted by atomic mass is 10.2. The average Bonchev–Trinajstić information content (AvgIpc) is 2.70. The van der Waals surface area contributed by atoms with E-state index >= 15 is 0 Å². The molecule has 0 saturated heterocycles. The summed E-state index contributed by atoms with van der Waals surface area (Å²) in [5, 5.41) is 14.4. The highest BCUT2D eigenvalue weighted by Gasteiger charge is 2.19. The van der Waals surface area contributed by atoms with Gasteiger partial charge in [-0.25, -0.2) is 0 Å². The predicted octanol–water partition coefficient (Wildman–Crippen LogP) is 2.33. The Hall–Kier alpha value is -0.680. The van der Waals surface area contributed by atoms with Gasteiger partial charge in [-0.15, -0.1) is 0 Å². The van der Waals surface area contributed by atoms with Crippen LogP contribution in [0, 0.1) is 5.92 Å². The number of hydrogen-bond donors (Lipinski definition) is 1. The summed E-state index contributed by atoms with van der Waals surface area (Å²) in [4.78, 5) is 0. The number of aliphatic hydroxyl groups excluding tert-OH is 1. The Labute approximate surface area is 107 Å². The Morgan fingerprint density at radius 2 is 2.18 bits per heavy atom. The van der Waals surface area contributed by atoms with Gasteiger partial charge in [0.2, 0.25) is 0 Å². The molecule has 5 heteroatoms. The molecule has 17 heavy (non-hydrogen) atoms. The monoisotopic (exact) mass is 258 g/mol.